The smallest absolute Gasteiger partial charge is 0.356 e. The van der Waals surface area contributed by atoms with E-state index in [9.17, 15) is 4.79 Å². The Hall–Kier alpha value is 0.470. The van der Waals surface area contributed by atoms with Crippen LogP contribution in [0.1, 0.15) is 20.3 Å². The van der Waals surface area contributed by atoms with Crippen LogP contribution in [-0.4, -0.2) is 12.5 Å². The van der Waals surface area contributed by atoms with Crippen LogP contribution in [0.4, 0.5) is 0 Å². The molecule has 1 N–H and O–H groups in total. The monoisotopic (exact) mass is 124 g/mol. The van der Waals surface area contributed by atoms with E-state index in [0.717, 1.165) is 6.54 Å². The first kappa shape index (κ1) is 11.3. The van der Waals surface area contributed by atoms with Crippen molar-refractivity contribution in [2.45, 2.75) is 20.3 Å². The number of carbonyl (C=O) groups excluding carboxylic acids is 1. The SMILES string of the molecule is CCNC(=O)CC.[Na+]. The molecule has 0 heterocycles. The van der Waals surface area contributed by atoms with E-state index in [-0.39, 0.29) is 35.5 Å². The van der Waals surface area contributed by atoms with E-state index >= 15 is 0 Å². The average Bonchev–Trinajstić information content (AvgIpc) is 1.68. The van der Waals surface area contributed by atoms with Gasteiger partial charge in [0.1, 0.15) is 0 Å². The minimum atomic E-state index is 0. The van der Waals surface area contributed by atoms with Gasteiger partial charge in [0.2, 0.25) is 5.91 Å². The second-order valence-corrected chi connectivity index (χ2v) is 1.31. The van der Waals surface area contributed by atoms with Gasteiger partial charge >= 0.3 is 29.6 Å². The summed E-state index contributed by atoms with van der Waals surface area (Å²) in [5, 5.41) is 2.66. The second kappa shape index (κ2) is 7.47. The van der Waals surface area contributed by atoms with Crippen LogP contribution in [0.5, 0.6) is 0 Å². The first-order chi connectivity index (χ1) is 3.31. The molecular weight excluding hydrogens is 113 g/mol. The summed E-state index contributed by atoms with van der Waals surface area (Å²) in [5.74, 6) is 0.127. The summed E-state index contributed by atoms with van der Waals surface area (Å²) in [6.07, 6.45) is 0.591. The van der Waals surface area contributed by atoms with E-state index in [1.54, 1.807) is 0 Å². The zero-order valence-electron chi connectivity index (χ0n) is 5.82. The Balaban J connectivity index is 0. The van der Waals surface area contributed by atoms with Crippen molar-refractivity contribution in [3.63, 3.8) is 0 Å². The minimum absolute atomic E-state index is 0. The first-order valence-corrected chi connectivity index (χ1v) is 2.58. The van der Waals surface area contributed by atoms with E-state index in [1.165, 1.54) is 0 Å². The molecule has 0 aliphatic rings. The molecule has 0 saturated carbocycles. The predicted molar refractivity (Wildman–Crippen MR) is 29.0 cm³/mol. The Morgan fingerprint density at radius 3 is 2.12 bits per heavy atom. The van der Waals surface area contributed by atoms with Crippen LogP contribution in [-0.2, 0) is 4.79 Å². The van der Waals surface area contributed by atoms with Gasteiger partial charge < -0.3 is 5.32 Å². The Kier molecular flexibility index (Phi) is 10.5. The standard InChI is InChI=1S/C5H11NO.Na/c1-3-5(7)6-4-2;/h3-4H2,1-2H3,(H,6,7);/q;+1. The van der Waals surface area contributed by atoms with Gasteiger partial charge in [-0.2, -0.15) is 0 Å². The molecular formula is C5H11NNaO+. The molecule has 3 heteroatoms. The van der Waals surface area contributed by atoms with Crippen molar-refractivity contribution in [2.75, 3.05) is 6.54 Å². The maximum atomic E-state index is 10.3. The normalized spacial score (nSPS) is 7.25. The quantitative estimate of drug-likeness (QED) is 0.406. The summed E-state index contributed by atoms with van der Waals surface area (Å²) in [4.78, 5) is 10.3. The molecule has 0 aromatic heterocycles. The number of rotatable bonds is 2. The fourth-order valence-corrected chi connectivity index (χ4v) is 0.322. The van der Waals surface area contributed by atoms with Gasteiger partial charge in [-0.1, -0.05) is 6.92 Å². The largest absolute Gasteiger partial charge is 1.00 e. The zero-order valence-corrected chi connectivity index (χ0v) is 7.82. The molecule has 0 aliphatic heterocycles. The van der Waals surface area contributed by atoms with Gasteiger partial charge in [-0.25, -0.2) is 0 Å². The van der Waals surface area contributed by atoms with Crippen LogP contribution in [0.2, 0.25) is 0 Å². The maximum absolute atomic E-state index is 10.3. The summed E-state index contributed by atoms with van der Waals surface area (Å²) in [6, 6.07) is 0. The molecule has 0 aromatic carbocycles. The van der Waals surface area contributed by atoms with Crippen molar-refractivity contribution < 1.29 is 34.4 Å². The number of nitrogens with one attached hydrogen (secondary N) is 1. The molecule has 0 fully saturated rings. The maximum Gasteiger partial charge on any atom is 1.00 e. The second-order valence-electron chi connectivity index (χ2n) is 1.31. The van der Waals surface area contributed by atoms with E-state index in [1.807, 2.05) is 13.8 Å². The molecule has 0 rings (SSSR count). The average molecular weight is 124 g/mol. The summed E-state index contributed by atoms with van der Waals surface area (Å²) in [6.45, 7) is 4.49. The molecule has 0 atom stereocenters. The molecule has 0 saturated heterocycles. The molecule has 0 unspecified atom stereocenters. The molecule has 0 radical (unpaired) electrons. The fourth-order valence-electron chi connectivity index (χ4n) is 0.322. The van der Waals surface area contributed by atoms with Crippen LogP contribution < -0.4 is 34.9 Å². The third-order valence-electron chi connectivity index (χ3n) is 0.695. The van der Waals surface area contributed by atoms with Crippen molar-refractivity contribution in [2.24, 2.45) is 0 Å². The minimum Gasteiger partial charge on any atom is -0.356 e. The van der Waals surface area contributed by atoms with Gasteiger partial charge in [-0.05, 0) is 6.92 Å². The third-order valence-corrected chi connectivity index (χ3v) is 0.695. The van der Waals surface area contributed by atoms with Crippen LogP contribution in [0.15, 0.2) is 0 Å². The van der Waals surface area contributed by atoms with Gasteiger partial charge in [0.25, 0.3) is 0 Å². The summed E-state index contributed by atoms with van der Waals surface area (Å²) >= 11 is 0. The summed E-state index contributed by atoms with van der Waals surface area (Å²) in [5.41, 5.74) is 0. The van der Waals surface area contributed by atoms with Crippen LogP contribution in [0.3, 0.4) is 0 Å². The molecule has 0 aliphatic carbocycles. The van der Waals surface area contributed by atoms with E-state index in [2.05, 4.69) is 5.32 Å². The van der Waals surface area contributed by atoms with Gasteiger partial charge in [-0.3, -0.25) is 4.79 Å². The van der Waals surface area contributed by atoms with Gasteiger partial charge in [-0.15, -0.1) is 0 Å². The number of hydrogen-bond donors (Lipinski definition) is 1. The van der Waals surface area contributed by atoms with Crippen molar-refractivity contribution in [1.29, 1.82) is 0 Å². The van der Waals surface area contributed by atoms with Crippen LogP contribution >= 0.6 is 0 Å². The van der Waals surface area contributed by atoms with E-state index < -0.39 is 0 Å². The summed E-state index contributed by atoms with van der Waals surface area (Å²) < 4.78 is 0. The molecule has 42 valence electrons. The number of hydrogen-bond acceptors (Lipinski definition) is 1. The Labute approximate surface area is 72.3 Å². The third kappa shape index (κ3) is 6.47. The van der Waals surface area contributed by atoms with E-state index in [4.69, 9.17) is 0 Å². The van der Waals surface area contributed by atoms with Crippen molar-refractivity contribution in [3.05, 3.63) is 0 Å². The molecule has 0 spiro atoms. The Morgan fingerprint density at radius 2 is 2.00 bits per heavy atom. The summed E-state index contributed by atoms with van der Waals surface area (Å²) in [7, 11) is 0. The molecule has 0 bridgehead atoms. The number of amides is 1. The van der Waals surface area contributed by atoms with Crippen LogP contribution in [0, 0.1) is 0 Å². The molecule has 0 aromatic rings. The van der Waals surface area contributed by atoms with Gasteiger partial charge in [0.05, 0.1) is 0 Å². The van der Waals surface area contributed by atoms with Crippen molar-refractivity contribution in [1.82, 2.24) is 5.32 Å². The molecule has 8 heavy (non-hydrogen) atoms. The molecule has 1 amide bonds. The first-order valence-electron chi connectivity index (χ1n) is 2.58. The topological polar surface area (TPSA) is 29.1 Å². The van der Waals surface area contributed by atoms with Crippen LogP contribution in [0.25, 0.3) is 0 Å². The fraction of sp³-hybridized carbons (Fsp3) is 0.800. The van der Waals surface area contributed by atoms with Crippen molar-refractivity contribution in [3.8, 4) is 0 Å². The van der Waals surface area contributed by atoms with E-state index in [0.29, 0.717) is 6.42 Å². The number of carbonyl (C=O) groups is 1. The van der Waals surface area contributed by atoms with Gasteiger partial charge in [0, 0.05) is 13.0 Å². The van der Waals surface area contributed by atoms with Crippen molar-refractivity contribution >= 4 is 5.91 Å². The predicted octanol–water partition coefficient (Wildman–Crippen LogP) is -2.46. The Morgan fingerprint density at radius 1 is 1.50 bits per heavy atom. The van der Waals surface area contributed by atoms with Gasteiger partial charge in [0.15, 0.2) is 0 Å². The molecule has 2 nitrogen and oxygen atoms in total. The Bertz CT molecular complexity index is 65.4. The zero-order chi connectivity index (χ0) is 5.70.